The van der Waals surface area contributed by atoms with Gasteiger partial charge in [0.15, 0.2) is 0 Å². The number of amides is 2. The topological polar surface area (TPSA) is 49.4 Å². The minimum absolute atomic E-state index is 0.109. The summed E-state index contributed by atoms with van der Waals surface area (Å²) in [4.78, 5) is 28.4. The number of rotatable bonds is 9. The van der Waals surface area contributed by atoms with Crippen molar-refractivity contribution in [2.45, 2.75) is 32.4 Å². The Bertz CT molecular complexity index is 1090. The monoisotopic (exact) mass is 546 g/mol. The van der Waals surface area contributed by atoms with E-state index in [1.807, 2.05) is 61.5 Å². The van der Waals surface area contributed by atoms with E-state index in [1.54, 1.807) is 23.1 Å². The number of benzene rings is 3. The van der Waals surface area contributed by atoms with Gasteiger partial charge in [-0.15, -0.1) is 0 Å². The molecule has 0 bridgehead atoms. The molecule has 0 saturated carbocycles. The summed E-state index contributed by atoms with van der Waals surface area (Å²) in [6.07, 6.45) is 0.522. The Morgan fingerprint density at radius 2 is 1.58 bits per heavy atom. The van der Waals surface area contributed by atoms with Crippen molar-refractivity contribution in [2.24, 2.45) is 0 Å². The minimum Gasteiger partial charge on any atom is -0.355 e. The third-order valence-corrected chi connectivity index (χ3v) is 6.50. The van der Waals surface area contributed by atoms with Crippen LogP contribution in [0.25, 0.3) is 0 Å². The Balaban J connectivity index is 1.95. The molecule has 0 aliphatic heterocycles. The highest BCUT2D eigenvalue weighted by Gasteiger charge is 2.30. The van der Waals surface area contributed by atoms with E-state index in [-0.39, 0.29) is 18.2 Å². The number of carbonyl (C=O) groups excluding carboxylic acids is 2. The molecule has 0 fully saturated rings. The second-order valence-corrected chi connectivity index (χ2v) is 9.40. The summed E-state index contributed by atoms with van der Waals surface area (Å²) in [5.74, 6) is -0.343. The number of carbonyl (C=O) groups is 2. The van der Waals surface area contributed by atoms with Crippen LogP contribution >= 0.6 is 39.1 Å². The maximum atomic E-state index is 13.6. The maximum absolute atomic E-state index is 13.6. The molecule has 2 amide bonds. The maximum Gasteiger partial charge on any atom is 0.243 e. The van der Waals surface area contributed by atoms with Crippen molar-refractivity contribution in [3.05, 3.63) is 104 Å². The summed E-state index contributed by atoms with van der Waals surface area (Å²) in [5, 5.41) is 3.73. The van der Waals surface area contributed by atoms with Gasteiger partial charge in [0.25, 0.3) is 0 Å². The Morgan fingerprint density at radius 1 is 0.909 bits per heavy atom. The zero-order valence-electron chi connectivity index (χ0n) is 18.2. The molecule has 33 heavy (non-hydrogen) atoms. The summed E-state index contributed by atoms with van der Waals surface area (Å²) in [5.41, 5.74) is 2.66. The molecule has 0 aliphatic carbocycles. The summed E-state index contributed by atoms with van der Waals surface area (Å²) in [6, 6.07) is 22.0. The first-order valence-electron chi connectivity index (χ1n) is 10.7. The first-order chi connectivity index (χ1) is 15.9. The van der Waals surface area contributed by atoms with Crippen LogP contribution in [0.5, 0.6) is 0 Å². The van der Waals surface area contributed by atoms with Crippen molar-refractivity contribution in [2.75, 3.05) is 6.54 Å². The molecule has 7 heteroatoms. The van der Waals surface area contributed by atoms with Gasteiger partial charge in [0, 0.05) is 24.0 Å². The SMILES string of the molecule is CCNC(=O)[C@@H](Cc1ccccc1)N(Cc1ccc(Br)cc1)C(=O)Cc1ccc(Cl)c(Cl)c1. The van der Waals surface area contributed by atoms with Crippen LogP contribution in [0, 0.1) is 0 Å². The molecule has 1 atom stereocenters. The van der Waals surface area contributed by atoms with Crippen LogP contribution in [0.4, 0.5) is 0 Å². The number of hydrogen-bond acceptors (Lipinski definition) is 2. The van der Waals surface area contributed by atoms with Crippen molar-refractivity contribution in [3.8, 4) is 0 Å². The summed E-state index contributed by atoms with van der Waals surface area (Å²) in [6.45, 7) is 2.66. The predicted molar refractivity (Wildman–Crippen MR) is 137 cm³/mol. The molecular formula is C26H25BrCl2N2O2. The standard InChI is InChI=1S/C26H25BrCl2N2O2/c1-2-30-26(33)24(15-18-6-4-3-5-7-18)31(17-19-8-11-21(27)12-9-19)25(32)16-20-10-13-22(28)23(29)14-20/h3-14,24H,2,15-17H2,1H3,(H,30,33)/t24-/m1/s1. The van der Waals surface area contributed by atoms with Gasteiger partial charge in [-0.1, -0.05) is 87.7 Å². The van der Waals surface area contributed by atoms with E-state index >= 15 is 0 Å². The molecule has 0 aromatic heterocycles. The number of nitrogens with one attached hydrogen (secondary N) is 1. The Kier molecular flexibility index (Phi) is 9.36. The van der Waals surface area contributed by atoms with Crippen LogP contribution in [0.15, 0.2) is 77.3 Å². The van der Waals surface area contributed by atoms with Crippen LogP contribution in [0.3, 0.4) is 0 Å². The molecule has 0 saturated heterocycles. The molecule has 172 valence electrons. The van der Waals surface area contributed by atoms with E-state index < -0.39 is 6.04 Å². The van der Waals surface area contributed by atoms with Crippen molar-refractivity contribution in [1.82, 2.24) is 10.2 Å². The van der Waals surface area contributed by atoms with E-state index in [0.717, 1.165) is 21.2 Å². The van der Waals surface area contributed by atoms with Gasteiger partial charge in [-0.2, -0.15) is 0 Å². The molecule has 3 rings (SSSR count). The fraction of sp³-hybridized carbons (Fsp3) is 0.231. The van der Waals surface area contributed by atoms with Crippen LogP contribution < -0.4 is 5.32 Å². The second-order valence-electron chi connectivity index (χ2n) is 7.67. The smallest absolute Gasteiger partial charge is 0.243 e. The molecule has 0 radical (unpaired) electrons. The number of halogens is 3. The molecule has 0 spiro atoms. The van der Waals surface area contributed by atoms with E-state index in [1.165, 1.54) is 0 Å². The Labute approximate surface area is 213 Å². The molecule has 3 aromatic rings. The van der Waals surface area contributed by atoms with Crippen LogP contribution in [-0.4, -0.2) is 29.3 Å². The van der Waals surface area contributed by atoms with Gasteiger partial charge in [0.05, 0.1) is 16.5 Å². The van der Waals surface area contributed by atoms with E-state index in [0.29, 0.717) is 29.6 Å². The average molecular weight is 548 g/mol. The predicted octanol–water partition coefficient (Wildman–Crippen LogP) is 6.07. The molecule has 0 heterocycles. The van der Waals surface area contributed by atoms with E-state index in [2.05, 4.69) is 21.2 Å². The summed E-state index contributed by atoms with van der Waals surface area (Å²) < 4.78 is 0.949. The number of nitrogens with zero attached hydrogens (tertiary/aromatic N) is 1. The fourth-order valence-electron chi connectivity index (χ4n) is 3.56. The second kappa shape index (κ2) is 12.2. The van der Waals surface area contributed by atoms with E-state index in [4.69, 9.17) is 23.2 Å². The van der Waals surface area contributed by atoms with E-state index in [9.17, 15) is 9.59 Å². The lowest BCUT2D eigenvalue weighted by molar-refractivity contribution is -0.140. The molecule has 1 N–H and O–H groups in total. The van der Waals surface area contributed by atoms with Crippen LogP contribution in [0.2, 0.25) is 10.0 Å². The zero-order valence-corrected chi connectivity index (χ0v) is 21.3. The zero-order chi connectivity index (χ0) is 23.8. The molecular weight excluding hydrogens is 523 g/mol. The highest BCUT2D eigenvalue weighted by molar-refractivity contribution is 9.10. The van der Waals surface area contributed by atoms with Crippen molar-refractivity contribution < 1.29 is 9.59 Å². The fourth-order valence-corrected chi connectivity index (χ4v) is 4.14. The van der Waals surface area contributed by atoms with Crippen LogP contribution in [0.1, 0.15) is 23.6 Å². The first kappa shape index (κ1) is 25.3. The largest absolute Gasteiger partial charge is 0.355 e. The van der Waals surface area contributed by atoms with Gasteiger partial charge < -0.3 is 10.2 Å². The average Bonchev–Trinajstić information content (AvgIpc) is 2.80. The number of hydrogen-bond donors (Lipinski definition) is 1. The van der Waals surface area contributed by atoms with Crippen molar-refractivity contribution >= 4 is 50.9 Å². The lowest BCUT2D eigenvalue weighted by atomic mass is 10.0. The van der Waals surface area contributed by atoms with Gasteiger partial charge in [-0.05, 0) is 47.9 Å². The van der Waals surface area contributed by atoms with Gasteiger partial charge in [0.2, 0.25) is 11.8 Å². The Morgan fingerprint density at radius 3 is 2.21 bits per heavy atom. The lowest BCUT2D eigenvalue weighted by Gasteiger charge is -2.31. The molecule has 4 nitrogen and oxygen atoms in total. The van der Waals surface area contributed by atoms with Crippen LogP contribution in [-0.2, 0) is 29.0 Å². The lowest BCUT2D eigenvalue weighted by Crippen LogP contribution is -2.50. The van der Waals surface area contributed by atoms with Crippen molar-refractivity contribution in [1.29, 1.82) is 0 Å². The minimum atomic E-state index is -0.661. The van der Waals surface area contributed by atoms with Gasteiger partial charge in [0.1, 0.15) is 6.04 Å². The normalized spacial score (nSPS) is 11.6. The van der Waals surface area contributed by atoms with Gasteiger partial charge >= 0.3 is 0 Å². The molecule has 3 aromatic carbocycles. The van der Waals surface area contributed by atoms with Crippen molar-refractivity contribution in [3.63, 3.8) is 0 Å². The quantitative estimate of drug-likeness (QED) is 0.353. The first-order valence-corrected chi connectivity index (χ1v) is 12.2. The Hall–Kier alpha value is -2.34. The number of likely N-dealkylation sites (N-methyl/N-ethyl adjacent to an activating group) is 1. The highest BCUT2D eigenvalue weighted by atomic mass is 79.9. The van der Waals surface area contributed by atoms with Gasteiger partial charge in [-0.25, -0.2) is 0 Å². The highest BCUT2D eigenvalue weighted by Crippen LogP contribution is 2.24. The molecule has 0 unspecified atom stereocenters. The molecule has 0 aliphatic rings. The third kappa shape index (κ3) is 7.32. The summed E-state index contributed by atoms with van der Waals surface area (Å²) >= 11 is 15.6. The summed E-state index contributed by atoms with van der Waals surface area (Å²) in [7, 11) is 0. The third-order valence-electron chi connectivity index (χ3n) is 5.23. The van der Waals surface area contributed by atoms with Gasteiger partial charge in [-0.3, -0.25) is 9.59 Å².